The highest BCUT2D eigenvalue weighted by Gasteiger charge is 2.37. The van der Waals surface area contributed by atoms with Crippen LogP contribution in [-0.2, 0) is 4.79 Å². The summed E-state index contributed by atoms with van der Waals surface area (Å²) in [5.74, 6) is -0.217. The number of amides is 1. The second-order valence-corrected chi connectivity index (χ2v) is 4.91. The number of benzene rings is 1. The van der Waals surface area contributed by atoms with Gasteiger partial charge in [0.15, 0.2) is 0 Å². The summed E-state index contributed by atoms with van der Waals surface area (Å²) in [6.07, 6.45) is 0.641. The Hall–Kier alpha value is -1.22. The molecule has 94 valence electrons. The van der Waals surface area contributed by atoms with Gasteiger partial charge in [0.25, 0.3) is 0 Å². The van der Waals surface area contributed by atoms with Crippen molar-refractivity contribution >= 4 is 23.2 Å². The normalized spacial score (nSPS) is 14.4. The highest BCUT2D eigenvalue weighted by molar-refractivity contribution is 6.30. The number of hydrogen-bond acceptors (Lipinski definition) is 2. The van der Waals surface area contributed by atoms with Crippen molar-refractivity contribution in [1.82, 2.24) is 0 Å². The molecule has 0 bridgehead atoms. The van der Waals surface area contributed by atoms with Crippen LogP contribution in [-0.4, -0.2) is 11.4 Å². The van der Waals surface area contributed by atoms with Crippen molar-refractivity contribution < 1.29 is 4.79 Å². The summed E-state index contributed by atoms with van der Waals surface area (Å²) in [5, 5.41) is 3.90. The van der Waals surface area contributed by atoms with Gasteiger partial charge in [-0.3, -0.25) is 4.79 Å². The van der Waals surface area contributed by atoms with Crippen LogP contribution >= 0.6 is 11.6 Å². The van der Waals surface area contributed by atoms with Gasteiger partial charge >= 0.3 is 0 Å². The van der Waals surface area contributed by atoms with Crippen LogP contribution < -0.4 is 11.1 Å². The predicted molar refractivity (Wildman–Crippen MR) is 72.1 cm³/mol. The molecular formula is C13H19ClN2O. The van der Waals surface area contributed by atoms with Crippen molar-refractivity contribution in [2.45, 2.75) is 32.7 Å². The lowest BCUT2D eigenvalue weighted by Gasteiger charge is -2.35. The zero-order valence-corrected chi connectivity index (χ0v) is 11.2. The van der Waals surface area contributed by atoms with Crippen molar-refractivity contribution in [2.24, 2.45) is 11.7 Å². The maximum Gasteiger partial charge on any atom is 0.243 e. The van der Waals surface area contributed by atoms with Gasteiger partial charge in [0.05, 0.1) is 0 Å². The largest absolute Gasteiger partial charge is 0.371 e. The fraction of sp³-hybridized carbons (Fsp3) is 0.462. The molecule has 1 aromatic rings. The number of nitrogens with one attached hydrogen (secondary N) is 1. The van der Waals surface area contributed by atoms with Crippen LogP contribution in [0.25, 0.3) is 0 Å². The maximum atomic E-state index is 11.7. The summed E-state index contributed by atoms with van der Waals surface area (Å²) in [6.45, 7) is 5.92. The first-order valence-electron chi connectivity index (χ1n) is 5.76. The molecule has 0 spiro atoms. The van der Waals surface area contributed by atoms with Crippen LogP contribution in [0, 0.1) is 5.92 Å². The molecule has 1 rings (SSSR count). The summed E-state index contributed by atoms with van der Waals surface area (Å²) in [6, 6.07) is 7.26. The molecule has 1 atom stereocenters. The number of nitrogens with two attached hydrogens (primary N) is 1. The van der Waals surface area contributed by atoms with E-state index in [-0.39, 0.29) is 11.8 Å². The van der Waals surface area contributed by atoms with E-state index in [1.807, 2.05) is 32.9 Å². The van der Waals surface area contributed by atoms with Gasteiger partial charge in [0.1, 0.15) is 5.54 Å². The van der Waals surface area contributed by atoms with Crippen LogP contribution in [0.1, 0.15) is 27.2 Å². The van der Waals surface area contributed by atoms with E-state index in [9.17, 15) is 4.79 Å². The van der Waals surface area contributed by atoms with Gasteiger partial charge in [0, 0.05) is 10.7 Å². The van der Waals surface area contributed by atoms with Crippen LogP contribution in [0.15, 0.2) is 24.3 Å². The van der Waals surface area contributed by atoms with Gasteiger partial charge in [-0.25, -0.2) is 0 Å². The summed E-state index contributed by atoms with van der Waals surface area (Å²) >= 11 is 5.82. The van der Waals surface area contributed by atoms with E-state index in [0.29, 0.717) is 11.4 Å². The Kier molecular flexibility index (Phi) is 4.40. The van der Waals surface area contributed by atoms with Gasteiger partial charge in [-0.2, -0.15) is 0 Å². The number of halogens is 1. The zero-order valence-electron chi connectivity index (χ0n) is 10.5. The fourth-order valence-electron chi connectivity index (χ4n) is 1.95. The van der Waals surface area contributed by atoms with E-state index in [2.05, 4.69) is 5.32 Å². The first kappa shape index (κ1) is 13.8. The molecule has 0 aromatic heterocycles. The standard InChI is InChI=1S/C13H19ClN2O/c1-4-13(9(2)3,12(15)17)16-11-7-5-10(14)6-8-11/h5-9,16H,4H2,1-3H3,(H2,15,17). The first-order chi connectivity index (χ1) is 7.92. The van der Waals surface area contributed by atoms with E-state index in [0.717, 1.165) is 5.69 Å². The lowest BCUT2D eigenvalue weighted by Crippen LogP contribution is -2.54. The quantitative estimate of drug-likeness (QED) is 0.849. The monoisotopic (exact) mass is 254 g/mol. The van der Waals surface area contributed by atoms with Gasteiger partial charge in [-0.15, -0.1) is 0 Å². The molecule has 1 unspecified atom stereocenters. The third-order valence-electron chi connectivity index (χ3n) is 3.19. The molecule has 0 aliphatic heterocycles. The van der Waals surface area contributed by atoms with Gasteiger partial charge in [-0.1, -0.05) is 32.4 Å². The van der Waals surface area contributed by atoms with E-state index in [1.165, 1.54) is 0 Å². The second kappa shape index (κ2) is 5.41. The molecule has 0 aliphatic carbocycles. The van der Waals surface area contributed by atoms with Crippen LogP contribution in [0.3, 0.4) is 0 Å². The summed E-state index contributed by atoms with van der Waals surface area (Å²) in [4.78, 5) is 11.7. The van der Waals surface area contributed by atoms with Crippen LogP contribution in [0.2, 0.25) is 5.02 Å². The molecule has 0 heterocycles. The molecule has 1 aromatic carbocycles. The molecule has 0 saturated heterocycles. The molecule has 3 nitrogen and oxygen atoms in total. The Bertz CT molecular complexity index is 389. The predicted octanol–water partition coefficient (Wildman–Crippen LogP) is 3.04. The van der Waals surface area contributed by atoms with Crippen LogP contribution in [0.4, 0.5) is 5.69 Å². The van der Waals surface area contributed by atoms with Crippen molar-refractivity contribution in [1.29, 1.82) is 0 Å². The Balaban J connectivity index is 3.01. The number of carbonyl (C=O) groups excluding carboxylic acids is 1. The lowest BCUT2D eigenvalue weighted by atomic mass is 9.83. The molecule has 0 fully saturated rings. The van der Waals surface area contributed by atoms with Crippen LogP contribution in [0.5, 0.6) is 0 Å². The zero-order chi connectivity index (χ0) is 13.1. The number of hydrogen-bond donors (Lipinski definition) is 2. The minimum absolute atomic E-state index is 0.112. The summed E-state index contributed by atoms with van der Waals surface area (Å²) in [7, 11) is 0. The second-order valence-electron chi connectivity index (χ2n) is 4.48. The van der Waals surface area contributed by atoms with Gasteiger partial charge in [-0.05, 0) is 36.6 Å². The fourth-order valence-corrected chi connectivity index (χ4v) is 2.08. The van der Waals surface area contributed by atoms with E-state index in [1.54, 1.807) is 12.1 Å². The number of anilines is 1. The smallest absolute Gasteiger partial charge is 0.243 e. The topological polar surface area (TPSA) is 55.1 Å². The Morgan fingerprint density at radius 3 is 2.29 bits per heavy atom. The summed E-state index contributed by atoms with van der Waals surface area (Å²) in [5.41, 5.74) is 5.67. The maximum absolute atomic E-state index is 11.7. The molecule has 4 heteroatoms. The summed E-state index contributed by atoms with van der Waals surface area (Å²) < 4.78 is 0. The van der Waals surface area contributed by atoms with Crippen molar-refractivity contribution in [3.63, 3.8) is 0 Å². The molecule has 17 heavy (non-hydrogen) atoms. The highest BCUT2D eigenvalue weighted by atomic mass is 35.5. The molecule has 0 radical (unpaired) electrons. The van der Waals surface area contributed by atoms with E-state index >= 15 is 0 Å². The minimum Gasteiger partial charge on any atom is -0.371 e. The van der Waals surface area contributed by atoms with Gasteiger partial charge < -0.3 is 11.1 Å². The van der Waals surface area contributed by atoms with Crippen molar-refractivity contribution in [3.05, 3.63) is 29.3 Å². The molecule has 3 N–H and O–H groups in total. The molecule has 0 aliphatic rings. The number of primary amides is 1. The van der Waals surface area contributed by atoms with E-state index in [4.69, 9.17) is 17.3 Å². The third kappa shape index (κ3) is 2.91. The molecular weight excluding hydrogens is 236 g/mol. The Labute approximate surface area is 107 Å². The Morgan fingerprint density at radius 2 is 1.94 bits per heavy atom. The average Bonchev–Trinajstić information content (AvgIpc) is 2.27. The third-order valence-corrected chi connectivity index (χ3v) is 3.45. The first-order valence-corrected chi connectivity index (χ1v) is 6.14. The van der Waals surface area contributed by atoms with Crippen molar-refractivity contribution in [3.8, 4) is 0 Å². The van der Waals surface area contributed by atoms with Crippen molar-refractivity contribution in [2.75, 3.05) is 5.32 Å². The van der Waals surface area contributed by atoms with E-state index < -0.39 is 5.54 Å². The minimum atomic E-state index is -0.714. The van der Waals surface area contributed by atoms with Gasteiger partial charge in [0.2, 0.25) is 5.91 Å². The average molecular weight is 255 g/mol. The molecule has 1 amide bonds. The lowest BCUT2D eigenvalue weighted by molar-refractivity contribution is -0.123. The number of rotatable bonds is 5. The molecule has 0 saturated carbocycles. The highest BCUT2D eigenvalue weighted by Crippen LogP contribution is 2.27. The SMILES string of the molecule is CCC(Nc1ccc(Cl)cc1)(C(N)=O)C(C)C. The Morgan fingerprint density at radius 1 is 1.41 bits per heavy atom. The number of carbonyl (C=O) groups is 1.